The third kappa shape index (κ3) is 15.5. The van der Waals surface area contributed by atoms with E-state index in [1.807, 2.05) is 13.8 Å². The van der Waals surface area contributed by atoms with Crippen molar-refractivity contribution in [2.75, 3.05) is 53.9 Å². The van der Waals surface area contributed by atoms with Gasteiger partial charge in [0.1, 0.15) is 122 Å². The van der Waals surface area contributed by atoms with Crippen molar-refractivity contribution in [3.63, 3.8) is 0 Å². The molecule has 35 atom stereocenters. The highest BCUT2D eigenvalue weighted by atomic mass is 16.8. The Morgan fingerprint density at radius 3 is 1.61 bits per heavy atom. The first-order valence-corrected chi connectivity index (χ1v) is 33.4. The van der Waals surface area contributed by atoms with E-state index in [2.05, 4.69) is 13.5 Å². The van der Waals surface area contributed by atoms with Crippen molar-refractivity contribution in [2.24, 2.45) is 34.5 Å². The van der Waals surface area contributed by atoms with Crippen LogP contribution in [0.3, 0.4) is 0 Å². The summed E-state index contributed by atoms with van der Waals surface area (Å²) in [5.41, 5.74) is -2.36. The molecular formula is C63H110O31. The van der Waals surface area contributed by atoms with Gasteiger partial charge in [-0.1, -0.05) is 59.0 Å². The van der Waals surface area contributed by atoms with E-state index >= 15 is 0 Å². The topological polar surface area (TPSA) is 506 Å². The lowest BCUT2D eigenvalue weighted by atomic mass is 9.42. The predicted octanol–water partition coefficient (Wildman–Crippen LogP) is -5.49. The van der Waals surface area contributed by atoms with Crippen molar-refractivity contribution < 1.29 is 154 Å². The maximum absolute atomic E-state index is 12.7. The van der Waals surface area contributed by atoms with Crippen LogP contribution in [0.5, 0.6) is 0 Å². The molecule has 29 unspecified atom stereocenters. The third-order valence-electron chi connectivity index (χ3n) is 22.7. The molecule has 20 N–H and O–H groups in total. The summed E-state index contributed by atoms with van der Waals surface area (Å²) in [4.78, 5) is 0. The van der Waals surface area contributed by atoms with E-state index in [4.69, 9.17) is 52.1 Å². The van der Waals surface area contributed by atoms with Crippen LogP contribution in [0.15, 0.2) is 12.2 Å². The largest absolute Gasteiger partial charge is 0.394 e. The lowest BCUT2D eigenvalue weighted by molar-refractivity contribution is -0.391. The number of ether oxygens (including phenoxy) is 11. The molecule has 0 aromatic heterocycles. The summed E-state index contributed by atoms with van der Waals surface area (Å²) >= 11 is 0. The quantitative estimate of drug-likeness (QED) is 0.0129. The van der Waals surface area contributed by atoms with Crippen LogP contribution in [0.25, 0.3) is 0 Å². The maximum Gasteiger partial charge on any atom is 0.188 e. The second-order valence-corrected chi connectivity index (χ2v) is 28.2. The van der Waals surface area contributed by atoms with E-state index in [0.29, 0.717) is 69.8 Å². The van der Waals surface area contributed by atoms with E-state index in [1.165, 1.54) is 0 Å². The second kappa shape index (κ2) is 33.1. The van der Waals surface area contributed by atoms with Gasteiger partial charge in [0.15, 0.2) is 31.5 Å². The Bertz CT molecular complexity index is 2320. The summed E-state index contributed by atoms with van der Waals surface area (Å²) in [5.74, 6) is -3.25. The van der Waals surface area contributed by atoms with Gasteiger partial charge < -0.3 is 154 Å². The fourth-order valence-electron chi connectivity index (χ4n) is 17.6. The first-order chi connectivity index (χ1) is 44.6. The van der Waals surface area contributed by atoms with Crippen molar-refractivity contribution in [3.8, 4) is 0 Å². The van der Waals surface area contributed by atoms with Gasteiger partial charge in [0.05, 0.1) is 63.1 Å². The highest BCUT2D eigenvalue weighted by Gasteiger charge is 2.69. The van der Waals surface area contributed by atoms with Crippen LogP contribution < -0.4 is 0 Å². The molecule has 2 bridgehead atoms. The fraction of sp³-hybridized carbons (Fsp3) is 0.968. The van der Waals surface area contributed by atoms with Crippen LogP contribution in [0.1, 0.15) is 117 Å². The first kappa shape index (κ1) is 78.2. The number of rotatable bonds is 32. The van der Waals surface area contributed by atoms with Gasteiger partial charge in [-0.2, -0.15) is 0 Å². The minimum Gasteiger partial charge on any atom is -0.394 e. The predicted molar refractivity (Wildman–Crippen MR) is 319 cm³/mol. The Labute approximate surface area is 547 Å². The van der Waals surface area contributed by atoms with E-state index in [9.17, 15) is 102 Å². The standard InChI is InChI=1S/C63H110O31/c1-7-8-9-10-11-13-29(39(70)48(79)52(35(26-69)85-6)91-56-49(80)45(76)40(71)31(22-65)86-56)38(30(21-64)84-5)44(75)55(83)90-53-43(74)34(25-68)89-59(54(53)92-57-50(81)46(77)41(72)32(23-66)87-57)94-63-19-15-37-60(3)16-12-17-61(4,36(60)14-18-62(37,27-63)20-28(63)2)93-58-51(82)47(78)42(73)33(24-67)88-58/h29-59,64-83H,2,7-27H2,1,3-6H3/t29-,30?,31?,32?,33?,34?,35?,36+,37+,38?,39?,40?,41?,42?,43?,44?,45?,46?,47?,48?,49?,50?,51?,52?,53?,54?,55?,56?,57?,58?,59?,60-,61?,62-,63+/m1/s1. The van der Waals surface area contributed by atoms with Gasteiger partial charge in [-0.3, -0.25) is 0 Å². The minimum atomic E-state index is -2.54. The highest BCUT2D eigenvalue weighted by Crippen LogP contribution is 2.73. The van der Waals surface area contributed by atoms with Crippen LogP contribution in [0.4, 0.5) is 0 Å². The van der Waals surface area contributed by atoms with E-state index in [-0.39, 0.29) is 24.7 Å². The molecule has 4 heterocycles. The van der Waals surface area contributed by atoms with Gasteiger partial charge in [-0.25, -0.2) is 0 Å². The lowest BCUT2D eigenvalue weighted by Crippen LogP contribution is -2.67. The van der Waals surface area contributed by atoms with Crippen molar-refractivity contribution >= 4 is 0 Å². The molecule has 31 heteroatoms. The summed E-state index contributed by atoms with van der Waals surface area (Å²) in [6.45, 7) is 5.63. The lowest BCUT2D eigenvalue weighted by Gasteiger charge is -2.65. The third-order valence-corrected chi connectivity index (χ3v) is 22.7. The fourth-order valence-corrected chi connectivity index (χ4v) is 17.6. The highest BCUT2D eigenvalue weighted by molar-refractivity contribution is 5.30. The number of aliphatic hydroxyl groups excluding tert-OH is 20. The van der Waals surface area contributed by atoms with E-state index in [1.54, 1.807) is 0 Å². The van der Waals surface area contributed by atoms with Gasteiger partial charge in [0.2, 0.25) is 0 Å². The number of methoxy groups -OCH3 is 2. The van der Waals surface area contributed by atoms with Crippen LogP contribution in [0.2, 0.25) is 0 Å². The van der Waals surface area contributed by atoms with Crippen molar-refractivity contribution in [1.82, 2.24) is 0 Å². The summed E-state index contributed by atoms with van der Waals surface area (Å²) < 4.78 is 67.3. The molecule has 1 spiro atoms. The monoisotopic (exact) mass is 1360 g/mol. The molecule has 4 aliphatic carbocycles. The molecule has 8 rings (SSSR count). The van der Waals surface area contributed by atoms with Crippen LogP contribution in [0, 0.1) is 34.5 Å². The number of unbranched alkanes of at least 4 members (excludes halogenated alkanes) is 4. The number of fused-ring (bicyclic) bond motifs is 3. The van der Waals surface area contributed by atoms with Crippen LogP contribution >= 0.6 is 0 Å². The molecule has 94 heavy (non-hydrogen) atoms. The SMILES string of the molecule is C=C1C[C@@]23CC[C@@H]4C(C)(OC5OC(CO)C(O)C(O)C5O)CCC[C@@]4(C)[C@@H]2CC[C@]1(OC1OC(CO)C(O)C(OC(O)C(O)C(C(CO)OC)[C@@H](CCCCCCC)C(O)C(O)C(OC2OC(CO)C(O)C(O)C2O)C(CO)OC)C1OC1OC(CO)C(O)C(O)C1O)C3. The van der Waals surface area contributed by atoms with Gasteiger partial charge in [-0.15, -0.1) is 0 Å². The first-order valence-electron chi connectivity index (χ1n) is 33.4. The summed E-state index contributed by atoms with van der Waals surface area (Å²) in [6.07, 6.45) is -41.5. The average molecular weight is 1360 g/mol. The molecule has 0 radical (unpaired) electrons. The van der Waals surface area contributed by atoms with Crippen molar-refractivity contribution in [1.29, 1.82) is 0 Å². The zero-order valence-electron chi connectivity index (χ0n) is 54.4. The minimum absolute atomic E-state index is 0.0143. The smallest absolute Gasteiger partial charge is 0.188 e. The van der Waals surface area contributed by atoms with E-state index < -0.39 is 239 Å². The van der Waals surface area contributed by atoms with Gasteiger partial charge in [0.25, 0.3) is 0 Å². The Balaban J connectivity index is 1.11. The maximum atomic E-state index is 12.7. The normalized spacial score (nSPS) is 45.6. The molecule has 31 nitrogen and oxygen atoms in total. The Morgan fingerprint density at radius 2 is 1.04 bits per heavy atom. The molecule has 0 aromatic carbocycles. The van der Waals surface area contributed by atoms with Crippen LogP contribution in [-0.2, 0) is 52.1 Å². The molecule has 4 saturated carbocycles. The van der Waals surface area contributed by atoms with Crippen molar-refractivity contribution in [2.45, 2.75) is 294 Å². The summed E-state index contributed by atoms with van der Waals surface area (Å²) in [5, 5.41) is 223. The zero-order chi connectivity index (χ0) is 69.1. The van der Waals surface area contributed by atoms with Crippen LogP contribution in [-0.4, -0.2) is 333 Å². The zero-order valence-corrected chi connectivity index (χ0v) is 54.4. The Kier molecular flexibility index (Phi) is 27.5. The molecule has 8 fully saturated rings. The second-order valence-electron chi connectivity index (χ2n) is 28.2. The molecular weight excluding hydrogens is 1250 g/mol. The average Bonchev–Trinajstić information content (AvgIpc) is 1.44. The molecule has 4 saturated heterocycles. The number of hydrogen-bond donors (Lipinski definition) is 20. The Hall–Kier alpha value is -1.50. The van der Waals surface area contributed by atoms with Crippen molar-refractivity contribution in [3.05, 3.63) is 12.2 Å². The number of aliphatic hydroxyl groups is 20. The summed E-state index contributed by atoms with van der Waals surface area (Å²) in [6, 6.07) is 0. The molecule has 0 amide bonds. The molecule has 0 aromatic rings. The van der Waals surface area contributed by atoms with Gasteiger partial charge in [-0.05, 0) is 98.9 Å². The summed E-state index contributed by atoms with van der Waals surface area (Å²) in [7, 11) is 2.28. The van der Waals surface area contributed by atoms with Gasteiger partial charge in [0, 0.05) is 20.1 Å². The van der Waals surface area contributed by atoms with Gasteiger partial charge >= 0.3 is 0 Å². The molecule has 8 aliphatic rings. The van der Waals surface area contributed by atoms with E-state index in [0.717, 1.165) is 33.5 Å². The molecule has 548 valence electrons. The number of hydrogen-bond acceptors (Lipinski definition) is 31. The molecule has 4 aliphatic heterocycles. The Morgan fingerprint density at radius 1 is 0.521 bits per heavy atom.